The molecule has 1 amide bonds. The first-order valence-electron chi connectivity index (χ1n) is 4.48. The fourth-order valence-corrected chi connectivity index (χ4v) is 1.70. The molecule has 0 bridgehead atoms. The number of β-lactam (4-membered cyclic amide) rings is 1. The minimum absolute atomic E-state index is 0.140. The van der Waals surface area contributed by atoms with Crippen molar-refractivity contribution in [3.05, 3.63) is 35.9 Å². The van der Waals surface area contributed by atoms with Crippen LogP contribution in [0.25, 0.3) is 0 Å². The van der Waals surface area contributed by atoms with Crippen molar-refractivity contribution in [1.82, 2.24) is 5.32 Å². The Morgan fingerprint density at radius 2 is 1.85 bits per heavy atom. The summed E-state index contributed by atoms with van der Waals surface area (Å²) in [5.41, 5.74) is 0.938. The molecule has 1 saturated heterocycles. The molecule has 1 fully saturated rings. The van der Waals surface area contributed by atoms with Crippen LogP contribution in [0.2, 0.25) is 0 Å². The zero-order valence-electron chi connectivity index (χ0n) is 7.87. The Hall–Kier alpha value is -1.31. The summed E-state index contributed by atoms with van der Waals surface area (Å²) >= 11 is 0. The van der Waals surface area contributed by atoms with Gasteiger partial charge in [0.2, 0.25) is 5.91 Å². The second-order valence-electron chi connectivity index (χ2n) is 4.04. The number of nitrogens with one attached hydrogen (secondary N) is 1. The Morgan fingerprint density at radius 3 is 2.31 bits per heavy atom. The van der Waals surface area contributed by atoms with Gasteiger partial charge in [-0.25, -0.2) is 0 Å². The van der Waals surface area contributed by atoms with Crippen LogP contribution in [-0.4, -0.2) is 5.91 Å². The summed E-state index contributed by atoms with van der Waals surface area (Å²) in [5, 5.41) is 2.91. The van der Waals surface area contributed by atoms with Crippen LogP contribution in [0.5, 0.6) is 0 Å². The Kier molecular flexibility index (Phi) is 1.65. The number of hydrogen-bond donors (Lipinski definition) is 1. The van der Waals surface area contributed by atoms with Crippen LogP contribution in [0, 0.1) is 5.41 Å². The van der Waals surface area contributed by atoms with Gasteiger partial charge in [-0.2, -0.15) is 0 Å². The number of amides is 1. The van der Waals surface area contributed by atoms with E-state index in [0.29, 0.717) is 0 Å². The van der Waals surface area contributed by atoms with Gasteiger partial charge in [-0.05, 0) is 19.4 Å². The van der Waals surface area contributed by atoms with Crippen LogP contribution in [0.15, 0.2) is 30.3 Å². The first-order valence-corrected chi connectivity index (χ1v) is 4.48. The number of carbonyl (C=O) groups is 1. The van der Waals surface area contributed by atoms with E-state index in [-0.39, 0.29) is 17.4 Å². The molecule has 68 valence electrons. The van der Waals surface area contributed by atoms with Gasteiger partial charge in [-0.15, -0.1) is 0 Å². The Bertz CT molecular complexity index is 329. The molecular formula is C11H13NO. The van der Waals surface area contributed by atoms with Crippen LogP contribution in [0.1, 0.15) is 25.5 Å². The van der Waals surface area contributed by atoms with E-state index in [2.05, 4.69) is 5.32 Å². The minimum atomic E-state index is -0.249. The van der Waals surface area contributed by atoms with Crippen molar-refractivity contribution in [2.75, 3.05) is 0 Å². The van der Waals surface area contributed by atoms with Crippen LogP contribution in [0.4, 0.5) is 0 Å². The molecule has 1 aliphatic rings. The van der Waals surface area contributed by atoms with Crippen molar-refractivity contribution in [3.63, 3.8) is 0 Å². The first kappa shape index (κ1) is 8.30. The van der Waals surface area contributed by atoms with E-state index in [1.165, 1.54) is 5.56 Å². The minimum Gasteiger partial charge on any atom is -0.348 e. The van der Waals surface area contributed by atoms with Crippen LogP contribution < -0.4 is 5.32 Å². The molecule has 0 aromatic heterocycles. The van der Waals surface area contributed by atoms with Crippen molar-refractivity contribution < 1.29 is 4.79 Å². The van der Waals surface area contributed by atoms with E-state index in [4.69, 9.17) is 0 Å². The summed E-state index contributed by atoms with van der Waals surface area (Å²) in [7, 11) is 0. The van der Waals surface area contributed by atoms with Crippen molar-refractivity contribution in [3.8, 4) is 0 Å². The fraction of sp³-hybridized carbons (Fsp3) is 0.364. The summed E-state index contributed by atoms with van der Waals surface area (Å²) in [4.78, 5) is 11.2. The van der Waals surface area contributed by atoms with E-state index < -0.39 is 0 Å². The van der Waals surface area contributed by atoms with Gasteiger partial charge >= 0.3 is 0 Å². The van der Waals surface area contributed by atoms with Gasteiger partial charge in [0.25, 0.3) is 0 Å². The average Bonchev–Trinajstić information content (AvgIpc) is 2.15. The normalized spacial score (nSPS) is 24.8. The molecule has 0 radical (unpaired) electrons. The van der Waals surface area contributed by atoms with E-state index in [0.717, 1.165) is 0 Å². The van der Waals surface area contributed by atoms with Crippen LogP contribution in [-0.2, 0) is 4.79 Å². The van der Waals surface area contributed by atoms with Crippen molar-refractivity contribution in [2.24, 2.45) is 5.41 Å². The lowest BCUT2D eigenvalue weighted by molar-refractivity contribution is -0.143. The quantitative estimate of drug-likeness (QED) is 0.649. The molecular weight excluding hydrogens is 162 g/mol. The molecule has 0 unspecified atom stereocenters. The third-order valence-corrected chi connectivity index (χ3v) is 2.72. The summed E-state index contributed by atoms with van der Waals surface area (Å²) < 4.78 is 0. The van der Waals surface area contributed by atoms with E-state index in [9.17, 15) is 4.79 Å². The number of rotatable bonds is 1. The second-order valence-corrected chi connectivity index (χ2v) is 4.04. The maximum absolute atomic E-state index is 11.2. The van der Waals surface area contributed by atoms with Gasteiger partial charge in [0.15, 0.2) is 0 Å². The molecule has 0 aliphatic carbocycles. The lowest BCUT2D eigenvalue weighted by Crippen LogP contribution is -2.57. The molecule has 0 spiro atoms. The second kappa shape index (κ2) is 2.59. The zero-order valence-corrected chi connectivity index (χ0v) is 7.87. The van der Waals surface area contributed by atoms with Crippen molar-refractivity contribution in [2.45, 2.75) is 19.9 Å². The van der Waals surface area contributed by atoms with Gasteiger partial charge in [0.1, 0.15) is 0 Å². The molecule has 2 nitrogen and oxygen atoms in total. The number of carbonyl (C=O) groups excluding carboxylic acids is 1. The smallest absolute Gasteiger partial charge is 0.228 e. The molecule has 0 saturated carbocycles. The van der Waals surface area contributed by atoms with E-state index >= 15 is 0 Å². The molecule has 1 aliphatic heterocycles. The third-order valence-electron chi connectivity index (χ3n) is 2.72. The summed E-state index contributed by atoms with van der Waals surface area (Å²) in [6, 6.07) is 10.3. The summed E-state index contributed by atoms with van der Waals surface area (Å²) in [6.07, 6.45) is 0. The van der Waals surface area contributed by atoms with Gasteiger partial charge in [0.05, 0.1) is 11.5 Å². The molecule has 1 atom stereocenters. The number of hydrogen-bond acceptors (Lipinski definition) is 1. The van der Waals surface area contributed by atoms with Crippen LogP contribution >= 0.6 is 0 Å². The summed E-state index contributed by atoms with van der Waals surface area (Å²) in [5.74, 6) is 0.140. The van der Waals surface area contributed by atoms with Crippen LogP contribution in [0.3, 0.4) is 0 Å². The van der Waals surface area contributed by atoms with Gasteiger partial charge in [0, 0.05) is 0 Å². The molecule has 1 N–H and O–H groups in total. The lowest BCUT2D eigenvalue weighted by Gasteiger charge is -2.44. The molecule has 1 aromatic carbocycles. The molecule has 1 aromatic rings. The predicted molar refractivity (Wildman–Crippen MR) is 51.1 cm³/mol. The molecule has 2 heteroatoms. The van der Waals surface area contributed by atoms with Gasteiger partial charge in [-0.1, -0.05) is 30.3 Å². The molecule has 1 heterocycles. The van der Waals surface area contributed by atoms with Gasteiger partial charge < -0.3 is 5.32 Å². The van der Waals surface area contributed by atoms with Gasteiger partial charge in [-0.3, -0.25) is 4.79 Å². The van der Waals surface area contributed by atoms with E-state index in [1.54, 1.807) is 0 Å². The maximum Gasteiger partial charge on any atom is 0.228 e. The highest BCUT2D eigenvalue weighted by Crippen LogP contribution is 2.40. The Morgan fingerprint density at radius 1 is 1.23 bits per heavy atom. The van der Waals surface area contributed by atoms with E-state index in [1.807, 2.05) is 44.2 Å². The lowest BCUT2D eigenvalue weighted by atomic mass is 9.73. The first-order chi connectivity index (χ1) is 6.12. The Labute approximate surface area is 78.0 Å². The highest BCUT2D eigenvalue weighted by Gasteiger charge is 2.47. The average molecular weight is 175 g/mol. The van der Waals surface area contributed by atoms with Crippen molar-refractivity contribution >= 4 is 5.91 Å². The standard InChI is InChI=1S/C11H13NO/c1-11(2)9(12-10(11)13)8-6-4-3-5-7-8/h3-7,9H,1-2H3,(H,12,13)/t9-/m0/s1. The number of benzene rings is 1. The monoisotopic (exact) mass is 175 g/mol. The largest absolute Gasteiger partial charge is 0.348 e. The summed E-state index contributed by atoms with van der Waals surface area (Å²) in [6.45, 7) is 3.95. The van der Waals surface area contributed by atoms with Crippen molar-refractivity contribution in [1.29, 1.82) is 0 Å². The third kappa shape index (κ3) is 1.13. The molecule has 2 rings (SSSR count). The highest BCUT2D eigenvalue weighted by molar-refractivity contribution is 5.89. The Balaban J connectivity index is 2.27. The highest BCUT2D eigenvalue weighted by atomic mass is 16.2. The predicted octanol–water partition coefficient (Wildman–Crippen LogP) is 1.88. The maximum atomic E-state index is 11.2. The SMILES string of the molecule is CC1(C)C(=O)N[C@H]1c1ccccc1. The molecule has 13 heavy (non-hydrogen) atoms. The topological polar surface area (TPSA) is 29.1 Å². The zero-order chi connectivity index (χ0) is 9.47. The fourth-order valence-electron chi connectivity index (χ4n) is 1.70.